The number of hydrogen-bond acceptors (Lipinski definition) is 3. The highest BCUT2D eigenvalue weighted by molar-refractivity contribution is 5.58. The Bertz CT molecular complexity index is 353. The van der Waals surface area contributed by atoms with Crippen molar-refractivity contribution < 1.29 is 13.9 Å². The lowest BCUT2D eigenvalue weighted by atomic mass is 10.2. The van der Waals surface area contributed by atoms with E-state index >= 15 is 0 Å². The number of nitrogens with one attached hydrogen (secondary N) is 1. The highest BCUT2D eigenvalue weighted by Gasteiger charge is 2.09. The number of anilines is 1. The van der Waals surface area contributed by atoms with Crippen molar-refractivity contribution in [1.29, 1.82) is 0 Å². The Hall–Kier alpha value is -1.58. The van der Waals surface area contributed by atoms with Gasteiger partial charge in [0.2, 0.25) is 0 Å². The minimum atomic E-state index is -0.349. The largest absolute Gasteiger partial charge is 0.491 e. The Morgan fingerprint density at radius 2 is 2.27 bits per heavy atom. The van der Waals surface area contributed by atoms with Crippen molar-refractivity contribution in [2.75, 3.05) is 19.0 Å². The molecule has 0 aliphatic heterocycles. The molecule has 0 spiro atoms. The molecule has 0 aliphatic rings. The van der Waals surface area contributed by atoms with Crippen molar-refractivity contribution in [3.8, 4) is 5.75 Å². The Morgan fingerprint density at radius 3 is 2.87 bits per heavy atom. The fourth-order valence-electron chi connectivity index (χ4n) is 1.28. The van der Waals surface area contributed by atoms with Gasteiger partial charge in [-0.05, 0) is 24.6 Å². The summed E-state index contributed by atoms with van der Waals surface area (Å²) in [6.45, 7) is 2.05. The number of halogens is 1. The first kappa shape index (κ1) is 11.5. The molecular formula is C11H14FNO2. The second-order valence-electron chi connectivity index (χ2n) is 3.17. The predicted octanol–water partition coefficient (Wildman–Crippen LogP) is 2.14. The number of ether oxygens (including phenoxy) is 1. The summed E-state index contributed by atoms with van der Waals surface area (Å²) in [7, 11) is 1.63. The van der Waals surface area contributed by atoms with E-state index in [2.05, 4.69) is 5.32 Å². The van der Waals surface area contributed by atoms with E-state index < -0.39 is 0 Å². The molecule has 3 nitrogen and oxygen atoms in total. The van der Waals surface area contributed by atoms with Crippen molar-refractivity contribution >= 4 is 12.0 Å². The molecule has 4 heteroatoms. The van der Waals surface area contributed by atoms with Gasteiger partial charge in [-0.1, -0.05) is 0 Å². The van der Waals surface area contributed by atoms with Crippen molar-refractivity contribution in [2.24, 2.45) is 0 Å². The number of carbonyl (C=O) groups is 1. The van der Waals surface area contributed by atoms with E-state index in [9.17, 15) is 9.18 Å². The zero-order valence-electron chi connectivity index (χ0n) is 8.84. The van der Waals surface area contributed by atoms with E-state index in [4.69, 9.17) is 4.74 Å². The number of benzene rings is 1. The molecule has 0 heterocycles. The van der Waals surface area contributed by atoms with Crippen LogP contribution < -0.4 is 10.1 Å². The Kier molecular flexibility index (Phi) is 4.09. The molecule has 15 heavy (non-hydrogen) atoms. The van der Waals surface area contributed by atoms with Gasteiger partial charge in [-0.15, -0.1) is 0 Å². The predicted molar refractivity (Wildman–Crippen MR) is 56.9 cm³/mol. The van der Waals surface area contributed by atoms with E-state index in [1.54, 1.807) is 20.0 Å². The molecular weight excluding hydrogens is 197 g/mol. The number of hydrogen-bond donors (Lipinski definition) is 1. The van der Waals surface area contributed by atoms with Gasteiger partial charge in [0, 0.05) is 13.5 Å². The summed E-state index contributed by atoms with van der Waals surface area (Å²) in [4.78, 5) is 10.1. The number of aldehydes is 1. The lowest BCUT2D eigenvalue weighted by Crippen LogP contribution is -2.03. The van der Waals surface area contributed by atoms with Crippen LogP contribution in [0.1, 0.15) is 12.0 Å². The van der Waals surface area contributed by atoms with Gasteiger partial charge in [0.25, 0.3) is 0 Å². The third-order valence-electron chi connectivity index (χ3n) is 1.94. The monoisotopic (exact) mass is 211 g/mol. The Labute approximate surface area is 88.2 Å². The molecule has 0 unspecified atom stereocenters. The minimum Gasteiger partial charge on any atom is -0.491 e. The van der Waals surface area contributed by atoms with E-state index in [0.29, 0.717) is 17.9 Å². The molecule has 1 aromatic carbocycles. The molecule has 0 aliphatic carbocycles. The first-order chi connectivity index (χ1) is 7.19. The standard InChI is InChI=1S/C11H14FNO2/c1-8-6-9(12)11(13-2)10(7-8)15-5-3-4-14/h4,6-7,13H,3,5H2,1-2H3. The second kappa shape index (κ2) is 5.34. The molecule has 0 atom stereocenters. The van der Waals surface area contributed by atoms with Crippen LogP contribution in [0.5, 0.6) is 5.75 Å². The van der Waals surface area contributed by atoms with Crippen molar-refractivity contribution in [3.05, 3.63) is 23.5 Å². The van der Waals surface area contributed by atoms with Crippen LogP contribution in [0.4, 0.5) is 10.1 Å². The first-order valence-electron chi connectivity index (χ1n) is 4.73. The highest BCUT2D eigenvalue weighted by Crippen LogP contribution is 2.28. The van der Waals surface area contributed by atoms with Crippen LogP contribution >= 0.6 is 0 Å². The van der Waals surface area contributed by atoms with E-state index in [1.165, 1.54) is 6.07 Å². The van der Waals surface area contributed by atoms with Gasteiger partial charge in [0.05, 0.1) is 6.61 Å². The third-order valence-corrected chi connectivity index (χ3v) is 1.94. The summed E-state index contributed by atoms with van der Waals surface area (Å²) < 4.78 is 18.7. The van der Waals surface area contributed by atoms with Gasteiger partial charge in [-0.25, -0.2) is 4.39 Å². The van der Waals surface area contributed by atoms with Gasteiger partial charge in [-0.3, -0.25) is 0 Å². The summed E-state index contributed by atoms with van der Waals surface area (Å²) in [5.74, 6) is 0.0930. The second-order valence-corrected chi connectivity index (χ2v) is 3.17. The van der Waals surface area contributed by atoms with Crippen LogP contribution in [0.3, 0.4) is 0 Å². The zero-order valence-corrected chi connectivity index (χ0v) is 8.84. The molecule has 0 saturated heterocycles. The van der Waals surface area contributed by atoms with Crippen LogP contribution in [-0.2, 0) is 4.79 Å². The zero-order chi connectivity index (χ0) is 11.3. The smallest absolute Gasteiger partial charge is 0.150 e. The average molecular weight is 211 g/mol. The summed E-state index contributed by atoms with van der Waals surface area (Å²) in [5.41, 5.74) is 1.11. The van der Waals surface area contributed by atoms with Crippen LogP contribution in [0.25, 0.3) is 0 Å². The summed E-state index contributed by atoms with van der Waals surface area (Å²) in [5, 5.41) is 2.73. The molecule has 0 saturated carbocycles. The molecule has 82 valence electrons. The van der Waals surface area contributed by atoms with Crippen molar-refractivity contribution in [3.63, 3.8) is 0 Å². The molecule has 0 fully saturated rings. The van der Waals surface area contributed by atoms with E-state index in [0.717, 1.165) is 11.8 Å². The van der Waals surface area contributed by atoms with Crippen LogP contribution in [0, 0.1) is 12.7 Å². The lowest BCUT2D eigenvalue weighted by Gasteiger charge is -2.12. The summed E-state index contributed by atoms with van der Waals surface area (Å²) in [6, 6.07) is 3.16. The molecule has 1 rings (SSSR count). The normalized spacial score (nSPS) is 9.80. The summed E-state index contributed by atoms with van der Waals surface area (Å²) >= 11 is 0. The quantitative estimate of drug-likeness (QED) is 0.599. The maximum Gasteiger partial charge on any atom is 0.150 e. The number of aryl methyl sites for hydroxylation is 1. The highest BCUT2D eigenvalue weighted by atomic mass is 19.1. The van der Waals surface area contributed by atoms with E-state index in [-0.39, 0.29) is 12.4 Å². The third kappa shape index (κ3) is 2.94. The van der Waals surface area contributed by atoms with Gasteiger partial charge in [0.1, 0.15) is 23.5 Å². The lowest BCUT2D eigenvalue weighted by molar-refractivity contribution is -0.108. The SMILES string of the molecule is CNc1c(F)cc(C)cc1OCCC=O. The molecule has 0 bridgehead atoms. The minimum absolute atomic E-state index is 0.265. The van der Waals surface area contributed by atoms with Gasteiger partial charge in [0.15, 0.2) is 0 Å². The van der Waals surface area contributed by atoms with Crippen LogP contribution in [0.2, 0.25) is 0 Å². The fraction of sp³-hybridized carbons (Fsp3) is 0.364. The van der Waals surface area contributed by atoms with Crippen LogP contribution in [-0.4, -0.2) is 19.9 Å². The maximum atomic E-state index is 13.4. The number of rotatable bonds is 5. The Balaban J connectivity index is 2.88. The average Bonchev–Trinajstić information content (AvgIpc) is 2.17. The van der Waals surface area contributed by atoms with Gasteiger partial charge in [-0.2, -0.15) is 0 Å². The summed E-state index contributed by atoms with van der Waals surface area (Å²) in [6.07, 6.45) is 1.07. The maximum absolute atomic E-state index is 13.4. The van der Waals surface area contributed by atoms with Gasteiger partial charge >= 0.3 is 0 Å². The van der Waals surface area contributed by atoms with Crippen molar-refractivity contribution in [2.45, 2.75) is 13.3 Å². The molecule has 0 radical (unpaired) electrons. The topological polar surface area (TPSA) is 38.3 Å². The first-order valence-corrected chi connectivity index (χ1v) is 4.73. The van der Waals surface area contributed by atoms with Crippen LogP contribution in [0.15, 0.2) is 12.1 Å². The molecule has 1 N–H and O–H groups in total. The van der Waals surface area contributed by atoms with Gasteiger partial charge < -0.3 is 14.8 Å². The fourth-order valence-corrected chi connectivity index (χ4v) is 1.28. The molecule has 0 aromatic heterocycles. The van der Waals surface area contributed by atoms with E-state index in [1.807, 2.05) is 0 Å². The number of carbonyl (C=O) groups excluding carboxylic acids is 1. The Morgan fingerprint density at radius 1 is 1.53 bits per heavy atom. The molecule has 0 amide bonds. The van der Waals surface area contributed by atoms with Crippen molar-refractivity contribution in [1.82, 2.24) is 0 Å². The molecule has 1 aromatic rings.